The molecule has 0 fully saturated rings. The molecule has 1 heterocycles. The summed E-state index contributed by atoms with van der Waals surface area (Å²) in [6.07, 6.45) is 0. The average molecular weight is 303 g/mol. The molecule has 0 aliphatic rings. The first-order valence-electron chi connectivity index (χ1n) is 6.19. The minimum atomic E-state index is -1.03. The first-order valence-corrected chi connectivity index (χ1v) is 6.56. The van der Waals surface area contributed by atoms with Gasteiger partial charge >= 0.3 is 5.97 Å². The Morgan fingerprint density at radius 1 is 1.33 bits per heavy atom. The fraction of sp³-hybridized carbons (Fsp3) is 0.0667. The van der Waals surface area contributed by atoms with E-state index >= 15 is 0 Å². The summed E-state index contributed by atoms with van der Waals surface area (Å²) in [7, 11) is 0. The second-order valence-corrected chi connectivity index (χ2v) is 5.13. The standard InChI is InChI=1S/C15H11ClN2O3/c1-7-5-10(12(19)6-11(7)16)14-8-3-2-4-9(15(20)21)13(8)17-18-14/h2-6,19H,1H3,(H,17,18)(H,20,21). The Bertz CT molecular complexity index is 871. The third-order valence-electron chi connectivity index (χ3n) is 3.36. The van der Waals surface area contributed by atoms with Gasteiger partial charge in [0.1, 0.15) is 11.4 Å². The molecular weight excluding hydrogens is 292 g/mol. The largest absolute Gasteiger partial charge is 0.507 e. The number of H-pyrrole nitrogens is 1. The van der Waals surface area contributed by atoms with Gasteiger partial charge < -0.3 is 10.2 Å². The number of para-hydroxylation sites is 1. The molecule has 3 aromatic rings. The number of benzene rings is 2. The normalized spacial score (nSPS) is 11.0. The highest BCUT2D eigenvalue weighted by Crippen LogP contribution is 2.36. The van der Waals surface area contributed by atoms with Crippen LogP contribution in [0.2, 0.25) is 5.02 Å². The molecule has 21 heavy (non-hydrogen) atoms. The van der Waals surface area contributed by atoms with E-state index in [1.165, 1.54) is 12.1 Å². The van der Waals surface area contributed by atoms with Crippen LogP contribution >= 0.6 is 11.6 Å². The number of aromatic nitrogens is 2. The SMILES string of the molecule is Cc1cc(-c2n[nH]c3c(C(=O)O)cccc23)c(O)cc1Cl. The highest BCUT2D eigenvalue weighted by molar-refractivity contribution is 6.31. The molecular formula is C15H11ClN2O3. The lowest BCUT2D eigenvalue weighted by molar-refractivity contribution is 0.0699. The number of halogens is 1. The quantitative estimate of drug-likeness (QED) is 0.675. The third kappa shape index (κ3) is 2.11. The number of aryl methyl sites for hydroxylation is 1. The summed E-state index contributed by atoms with van der Waals surface area (Å²) in [6.45, 7) is 1.82. The Labute approximate surface area is 124 Å². The van der Waals surface area contributed by atoms with Crippen LogP contribution in [0.3, 0.4) is 0 Å². The number of carboxylic acids is 1. The van der Waals surface area contributed by atoms with Gasteiger partial charge in [-0.1, -0.05) is 23.7 Å². The molecule has 3 N–H and O–H groups in total. The Morgan fingerprint density at radius 2 is 2.10 bits per heavy atom. The summed E-state index contributed by atoms with van der Waals surface area (Å²) in [6, 6.07) is 8.07. The van der Waals surface area contributed by atoms with E-state index < -0.39 is 5.97 Å². The number of carbonyl (C=O) groups is 1. The molecule has 0 saturated heterocycles. The van der Waals surface area contributed by atoms with Crippen LogP contribution in [-0.2, 0) is 0 Å². The lowest BCUT2D eigenvalue weighted by Gasteiger charge is -2.06. The van der Waals surface area contributed by atoms with Crippen molar-refractivity contribution in [1.29, 1.82) is 0 Å². The molecule has 2 aromatic carbocycles. The number of phenolic OH excluding ortho intramolecular Hbond substituents is 1. The highest BCUT2D eigenvalue weighted by atomic mass is 35.5. The number of aromatic amines is 1. The zero-order chi connectivity index (χ0) is 15.1. The van der Waals surface area contributed by atoms with E-state index in [4.69, 9.17) is 11.6 Å². The smallest absolute Gasteiger partial charge is 0.337 e. The number of aromatic carboxylic acids is 1. The van der Waals surface area contributed by atoms with Crippen LogP contribution in [-0.4, -0.2) is 26.4 Å². The van der Waals surface area contributed by atoms with E-state index in [-0.39, 0.29) is 11.3 Å². The molecule has 0 unspecified atom stereocenters. The van der Waals surface area contributed by atoms with E-state index in [1.807, 2.05) is 6.92 Å². The predicted molar refractivity (Wildman–Crippen MR) is 79.9 cm³/mol. The van der Waals surface area contributed by atoms with E-state index in [0.717, 1.165) is 5.56 Å². The number of carboxylic acid groups (broad SMARTS) is 1. The van der Waals surface area contributed by atoms with Crippen molar-refractivity contribution < 1.29 is 15.0 Å². The second kappa shape index (κ2) is 4.79. The summed E-state index contributed by atoms with van der Waals surface area (Å²) in [4.78, 5) is 11.2. The van der Waals surface area contributed by atoms with Crippen molar-refractivity contribution in [3.63, 3.8) is 0 Å². The maximum Gasteiger partial charge on any atom is 0.337 e. The fourth-order valence-corrected chi connectivity index (χ4v) is 2.44. The van der Waals surface area contributed by atoms with Crippen LogP contribution < -0.4 is 0 Å². The monoisotopic (exact) mass is 302 g/mol. The molecule has 3 rings (SSSR count). The van der Waals surface area contributed by atoms with Gasteiger partial charge in [-0.2, -0.15) is 5.10 Å². The molecule has 0 amide bonds. The number of nitrogens with one attached hydrogen (secondary N) is 1. The molecule has 0 aliphatic carbocycles. The molecule has 6 heteroatoms. The van der Waals surface area contributed by atoms with Crippen LogP contribution in [0, 0.1) is 6.92 Å². The number of nitrogens with zero attached hydrogens (tertiary/aromatic N) is 1. The predicted octanol–water partition coefficient (Wildman–Crippen LogP) is 3.60. The summed E-state index contributed by atoms with van der Waals surface area (Å²) < 4.78 is 0. The Balaban J connectivity index is 2.30. The lowest BCUT2D eigenvalue weighted by Crippen LogP contribution is -1.96. The Kier molecular flexibility index (Phi) is 3.07. The van der Waals surface area contributed by atoms with E-state index in [9.17, 15) is 15.0 Å². The van der Waals surface area contributed by atoms with Gasteiger partial charge in [0.15, 0.2) is 0 Å². The van der Waals surface area contributed by atoms with Crippen LogP contribution in [0.5, 0.6) is 5.75 Å². The summed E-state index contributed by atoms with van der Waals surface area (Å²) >= 11 is 5.97. The highest BCUT2D eigenvalue weighted by Gasteiger charge is 2.17. The number of hydrogen-bond acceptors (Lipinski definition) is 3. The van der Waals surface area contributed by atoms with Gasteiger partial charge in [-0.15, -0.1) is 0 Å². The van der Waals surface area contributed by atoms with Crippen LogP contribution in [0.25, 0.3) is 22.2 Å². The first kappa shape index (κ1) is 13.5. The second-order valence-electron chi connectivity index (χ2n) is 4.72. The van der Waals surface area contributed by atoms with E-state index in [0.29, 0.717) is 27.2 Å². The minimum Gasteiger partial charge on any atom is -0.507 e. The maximum atomic E-state index is 11.2. The fourth-order valence-electron chi connectivity index (χ4n) is 2.29. The van der Waals surface area contributed by atoms with Crippen molar-refractivity contribution in [3.05, 3.63) is 46.5 Å². The molecule has 0 spiro atoms. The molecule has 0 aliphatic heterocycles. The van der Waals surface area contributed by atoms with Crippen molar-refractivity contribution in [1.82, 2.24) is 10.2 Å². The van der Waals surface area contributed by atoms with Crippen LogP contribution in [0.1, 0.15) is 15.9 Å². The van der Waals surface area contributed by atoms with Gasteiger partial charge in [0, 0.05) is 16.0 Å². The van der Waals surface area contributed by atoms with E-state index in [2.05, 4.69) is 10.2 Å². The number of fused-ring (bicyclic) bond motifs is 1. The summed E-state index contributed by atoms with van der Waals surface area (Å²) in [5.41, 5.74) is 2.36. The molecule has 0 radical (unpaired) electrons. The summed E-state index contributed by atoms with van der Waals surface area (Å²) in [5.74, 6) is -1.04. The van der Waals surface area contributed by atoms with Gasteiger partial charge in [-0.3, -0.25) is 5.10 Å². The Morgan fingerprint density at radius 3 is 2.81 bits per heavy atom. The lowest BCUT2D eigenvalue weighted by atomic mass is 10.0. The maximum absolute atomic E-state index is 11.2. The molecule has 0 atom stereocenters. The van der Waals surface area contributed by atoms with Crippen molar-refractivity contribution in [3.8, 4) is 17.0 Å². The number of phenols is 1. The molecule has 1 aromatic heterocycles. The van der Waals surface area contributed by atoms with Crippen molar-refractivity contribution >= 4 is 28.5 Å². The first-order chi connectivity index (χ1) is 9.99. The van der Waals surface area contributed by atoms with E-state index in [1.54, 1.807) is 18.2 Å². The molecule has 0 bridgehead atoms. The molecule has 106 valence electrons. The summed E-state index contributed by atoms with van der Waals surface area (Å²) in [5, 5.41) is 27.2. The number of rotatable bonds is 2. The van der Waals surface area contributed by atoms with Gasteiger partial charge in [-0.05, 0) is 30.7 Å². The van der Waals surface area contributed by atoms with Gasteiger partial charge in [0.2, 0.25) is 0 Å². The average Bonchev–Trinajstić information content (AvgIpc) is 2.86. The van der Waals surface area contributed by atoms with Gasteiger partial charge in [0.25, 0.3) is 0 Å². The zero-order valence-corrected chi connectivity index (χ0v) is 11.8. The van der Waals surface area contributed by atoms with Crippen molar-refractivity contribution in [2.45, 2.75) is 6.92 Å². The van der Waals surface area contributed by atoms with Gasteiger partial charge in [-0.25, -0.2) is 4.79 Å². The third-order valence-corrected chi connectivity index (χ3v) is 3.77. The topological polar surface area (TPSA) is 86.2 Å². The van der Waals surface area contributed by atoms with Crippen molar-refractivity contribution in [2.24, 2.45) is 0 Å². The Hall–Kier alpha value is -2.53. The molecule has 5 nitrogen and oxygen atoms in total. The number of hydrogen-bond donors (Lipinski definition) is 3. The van der Waals surface area contributed by atoms with Crippen molar-refractivity contribution in [2.75, 3.05) is 0 Å². The van der Waals surface area contributed by atoms with Crippen LogP contribution in [0.4, 0.5) is 0 Å². The van der Waals surface area contributed by atoms with Crippen LogP contribution in [0.15, 0.2) is 30.3 Å². The zero-order valence-electron chi connectivity index (χ0n) is 11.0. The minimum absolute atomic E-state index is 0.000252. The van der Waals surface area contributed by atoms with Gasteiger partial charge in [0.05, 0.1) is 11.1 Å². The molecule has 0 saturated carbocycles. The number of aromatic hydroxyl groups is 1.